The molecule has 0 saturated carbocycles. The molecule has 3 aromatic rings. The zero-order valence-electron chi connectivity index (χ0n) is 10.4. The maximum Gasteiger partial charge on any atom is 0.304 e. The number of thiazole rings is 1. The van der Waals surface area contributed by atoms with E-state index in [-0.39, 0.29) is 10.7 Å². The van der Waals surface area contributed by atoms with Gasteiger partial charge >= 0.3 is 4.87 Å². The first-order valence-electron chi connectivity index (χ1n) is 6.04. The van der Waals surface area contributed by atoms with Crippen LogP contribution in [0.5, 0.6) is 0 Å². The first-order valence-corrected chi connectivity index (χ1v) is 7.46. The Hall–Kier alpha value is -1.66. The molecule has 1 N–H and O–H groups in total. The summed E-state index contributed by atoms with van der Waals surface area (Å²) in [5.41, 5.74) is 2.24. The van der Waals surface area contributed by atoms with E-state index in [4.69, 9.17) is 11.6 Å². The Morgan fingerprint density at radius 1 is 1.45 bits per heavy atom. The van der Waals surface area contributed by atoms with Gasteiger partial charge in [0.15, 0.2) is 0 Å². The molecule has 0 unspecified atom stereocenters. The van der Waals surface area contributed by atoms with Gasteiger partial charge in [0, 0.05) is 29.4 Å². The number of hydrogen-bond donors (Lipinski definition) is 1. The fraction of sp³-hybridized carbons (Fsp3) is 0.231. The molecule has 3 rings (SSSR count). The molecule has 0 aliphatic rings. The molecule has 0 spiro atoms. The summed E-state index contributed by atoms with van der Waals surface area (Å²) in [7, 11) is 0. The minimum atomic E-state index is -0.316. The van der Waals surface area contributed by atoms with Gasteiger partial charge in [-0.15, -0.1) is 11.6 Å². The van der Waals surface area contributed by atoms with Crippen LogP contribution in [0.1, 0.15) is 11.5 Å². The van der Waals surface area contributed by atoms with Gasteiger partial charge in [0.25, 0.3) is 0 Å². The molecule has 104 valence electrons. The molecule has 2 heterocycles. The lowest BCUT2D eigenvalue weighted by Gasteiger charge is -2.06. The highest BCUT2D eigenvalue weighted by atomic mass is 35.5. The van der Waals surface area contributed by atoms with Crippen molar-refractivity contribution in [1.29, 1.82) is 0 Å². The van der Waals surface area contributed by atoms with Crippen molar-refractivity contribution in [2.75, 3.05) is 5.88 Å². The number of imidazole rings is 1. The minimum absolute atomic E-state index is 0.0886. The first-order chi connectivity index (χ1) is 9.67. The molecule has 20 heavy (non-hydrogen) atoms. The second kappa shape index (κ2) is 5.38. The number of benzene rings is 1. The standard InChI is InChI=1S/C13H11ClFN3OS/c14-4-3-12-17-10-5-8(15)1-2-11(10)18(12)6-9-7-20-13(19)16-9/h1-2,5,7H,3-4,6H2,(H,16,19). The summed E-state index contributed by atoms with van der Waals surface area (Å²) in [6, 6.07) is 4.50. The van der Waals surface area contributed by atoms with Crippen LogP contribution in [0, 0.1) is 5.82 Å². The smallest absolute Gasteiger partial charge is 0.304 e. The van der Waals surface area contributed by atoms with Crippen molar-refractivity contribution in [2.24, 2.45) is 0 Å². The molecular formula is C13H11ClFN3OS. The van der Waals surface area contributed by atoms with Crippen molar-refractivity contribution < 1.29 is 4.39 Å². The fourth-order valence-electron chi connectivity index (χ4n) is 2.17. The molecule has 0 atom stereocenters. The molecule has 2 aromatic heterocycles. The van der Waals surface area contributed by atoms with E-state index in [1.807, 2.05) is 4.57 Å². The molecular weight excluding hydrogens is 301 g/mol. The van der Waals surface area contributed by atoms with Crippen LogP contribution < -0.4 is 4.87 Å². The van der Waals surface area contributed by atoms with Gasteiger partial charge in [-0.3, -0.25) is 4.79 Å². The number of H-pyrrole nitrogens is 1. The normalized spacial score (nSPS) is 11.3. The number of alkyl halides is 1. The van der Waals surface area contributed by atoms with E-state index < -0.39 is 0 Å². The van der Waals surface area contributed by atoms with Crippen molar-refractivity contribution in [3.05, 3.63) is 50.6 Å². The van der Waals surface area contributed by atoms with Gasteiger partial charge in [0.05, 0.1) is 17.6 Å². The molecule has 0 fully saturated rings. The van der Waals surface area contributed by atoms with E-state index in [9.17, 15) is 9.18 Å². The van der Waals surface area contributed by atoms with Crippen molar-refractivity contribution in [3.63, 3.8) is 0 Å². The number of hydrogen-bond acceptors (Lipinski definition) is 3. The van der Waals surface area contributed by atoms with Crippen LogP contribution in [0.25, 0.3) is 11.0 Å². The monoisotopic (exact) mass is 311 g/mol. The molecule has 0 bridgehead atoms. The quantitative estimate of drug-likeness (QED) is 0.753. The van der Waals surface area contributed by atoms with Crippen molar-refractivity contribution in [1.82, 2.24) is 14.5 Å². The summed E-state index contributed by atoms with van der Waals surface area (Å²) in [5, 5.41) is 1.78. The number of nitrogens with one attached hydrogen (secondary N) is 1. The molecule has 0 amide bonds. The molecule has 0 aliphatic heterocycles. The highest BCUT2D eigenvalue weighted by molar-refractivity contribution is 7.07. The van der Waals surface area contributed by atoms with E-state index in [2.05, 4.69) is 9.97 Å². The number of fused-ring (bicyclic) bond motifs is 1. The maximum absolute atomic E-state index is 13.3. The van der Waals surface area contributed by atoms with Crippen LogP contribution in [-0.2, 0) is 13.0 Å². The van der Waals surface area contributed by atoms with E-state index >= 15 is 0 Å². The van der Waals surface area contributed by atoms with Crippen LogP contribution in [0.3, 0.4) is 0 Å². The predicted octanol–water partition coefficient (Wildman–Crippen LogP) is 2.75. The molecule has 0 radical (unpaired) electrons. The SMILES string of the molecule is O=c1[nH]c(Cn2c(CCCl)nc3cc(F)ccc32)cs1. The Balaban J connectivity index is 2.10. The first kappa shape index (κ1) is 13.3. The topological polar surface area (TPSA) is 50.7 Å². The second-order valence-electron chi connectivity index (χ2n) is 4.36. The highest BCUT2D eigenvalue weighted by Crippen LogP contribution is 2.19. The molecule has 1 aromatic carbocycles. The zero-order chi connectivity index (χ0) is 14.1. The van der Waals surface area contributed by atoms with Crippen LogP contribution in [0.15, 0.2) is 28.4 Å². The zero-order valence-corrected chi connectivity index (χ0v) is 12.0. The largest absolute Gasteiger partial charge is 0.322 e. The van der Waals surface area contributed by atoms with Gasteiger partial charge in [0.1, 0.15) is 11.6 Å². The second-order valence-corrected chi connectivity index (χ2v) is 5.58. The number of aromatic amines is 1. The van der Waals surface area contributed by atoms with Crippen LogP contribution >= 0.6 is 22.9 Å². The fourth-order valence-corrected chi connectivity index (χ4v) is 2.91. The molecule has 4 nitrogen and oxygen atoms in total. The van der Waals surface area contributed by atoms with E-state index in [0.29, 0.717) is 24.4 Å². The van der Waals surface area contributed by atoms with Crippen molar-refractivity contribution in [2.45, 2.75) is 13.0 Å². The highest BCUT2D eigenvalue weighted by Gasteiger charge is 2.12. The average Bonchev–Trinajstić information content (AvgIpc) is 2.95. The number of halogens is 2. The summed E-state index contributed by atoms with van der Waals surface area (Å²) < 4.78 is 15.2. The summed E-state index contributed by atoms with van der Waals surface area (Å²) in [4.78, 5) is 18.3. The molecule has 0 saturated heterocycles. The van der Waals surface area contributed by atoms with Crippen molar-refractivity contribution in [3.8, 4) is 0 Å². The third-order valence-electron chi connectivity index (χ3n) is 3.01. The van der Waals surface area contributed by atoms with Crippen molar-refractivity contribution >= 4 is 34.0 Å². The predicted molar refractivity (Wildman–Crippen MR) is 78.2 cm³/mol. The number of aromatic nitrogens is 3. The lowest BCUT2D eigenvalue weighted by Crippen LogP contribution is -2.07. The third kappa shape index (κ3) is 2.48. The van der Waals surface area contributed by atoms with E-state index in [1.54, 1.807) is 11.4 Å². The number of nitrogens with zero attached hydrogens (tertiary/aromatic N) is 2. The third-order valence-corrected chi connectivity index (χ3v) is 3.91. The lowest BCUT2D eigenvalue weighted by molar-refractivity contribution is 0.629. The Morgan fingerprint density at radius 2 is 2.30 bits per heavy atom. The summed E-state index contributed by atoms with van der Waals surface area (Å²) >= 11 is 6.91. The van der Waals surface area contributed by atoms with E-state index in [1.165, 1.54) is 12.1 Å². The minimum Gasteiger partial charge on any atom is -0.322 e. The Kier molecular flexibility index (Phi) is 3.58. The summed E-state index contributed by atoms with van der Waals surface area (Å²) in [5.74, 6) is 0.905. The number of aryl methyl sites for hydroxylation is 1. The van der Waals surface area contributed by atoms with Gasteiger partial charge in [0.2, 0.25) is 0 Å². The van der Waals surface area contributed by atoms with Gasteiger partial charge < -0.3 is 9.55 Å². The number of rotatable bonds is 4. The van der Waals surface area contributed by atoms with Gasteiger partial charge in [-0.2, -0.15) is 0 Å². The lowest BCUT2D eigenvalue weighted by atomic mass is 10.3. The summed E-state index contributed by atoms with van der Waals surface area (Å²) in [6.45, 7) is 0.493. The summed E-state index contributed by atoms with van der Waals surface area (Å²) in [6.07, 6.45) is 0.590. The molecule has 0 aliphatic carbocycles. The van der Waals surface area contributed by atoms with E-state index in [0.717, 1.165) is 28.4 Å². The Labute approximate surface area is 122 Å². The maximum atomic E-state index is 13.3. The van der Waals surface area contributed by atoms with Crippen LogP contribution in [0.4, 0.5) is 4.39 Å². The molecule has 7 heteroatoms. The Bertz CT molecular complexity index is 807. The van der Waals surface area contributed by atoms with Gasteiger partial charge in [-0.25, -0.2) is 9.37 Å². The van der Waals surface area contributed by atoms with Crippen LogP contribution in [0.2, 0.25) is 0 Å². The average molecular weight is 312 g/mol. The Morgan fingerprint density at radius 3 is 3.00 bits per heavy atom. The van der Waals surface area contributed by atoms with Gasteiger partial charge in [-0.1, -0.05) is 11.3 Å². The van der Waals surface area contributed by atoms with Gasteiger partial charge in [-0.05, 0) is 12.1 Å². The van der Waals surface area contributed by atoms with Crippen LogP contribution in [-0.4, -0.2) is 20.4 Å².